The zero-order chi connectivity index (χ0) is 15.8. The Balaban J connectivity index is 1.89. The number of urea groups is 1. The Labute approximate surface area is 124 Å². The van der Waals surface area contributed by atoms with E-state index >= 15 is 0 Å². The first kappa shape index (κ1) is 15.4. The fourth-order valence-corrected chi connectivity index (χ4v) is 2.08. The molecule has 0 aromatic carbocycles. The smallest absolute Gasteiger partial charge is 0.318 e. The molecular formula is C15H23N3O3. The Morgan fingerprint density at radius 2 is 1.95 bits per heavy atom. The standard InChI is InChI=1S/C15H23N3O3/c1-10-6-11(7-13(19)17(10)5)21-12-8-18(9-12)14(20)16-15(2,3)4/h6-7,12H,8-9H2,1-5H3,(H,16,20). The molecule has 0 atom stereocenters. The zero-order valence-electron chi connectivity index (χ0n) is 13.3. The third kappa shape index (κ3) is 3.77. The van der Waals surface area contributed by atoms with Crippen molar-refractivity contribution in [3.05, 3.63) is 28.2 Å². The van der Waals surface area contributed by atoms with Crippen molar-refractivity contribution in [1.82, 2.24) is 14.8 Å². The van der Waals surface area contributed by atoms with Crippen LogP contribution in [0.3, 0.4) is 0 Å². The highest BCUT2D eigenvalue weighted by Gasteiger charge is 2.33. The molecule has 1 aliphatic heterocycles. The maximum absolute atomic E-state index is 11.9. The van der Waals surface area contributed by atoms with Crippen molar-refractivity contribution in [3.63, 3.8) is 0 Å². The summed E-state index contributed by atoms with van der Waals surface area (Å²) in [7, 11) is 1.73. The fourth-order valence-electron chi connectivity index (χ4n) is 2.08. The van der Waals surface area contributed by atoms with Crippen molar-refractivity contribution in [2.75, 3.05) is 13.1 Å². The fraction of sp³-hybridized carbons (Fsp3) is 0.600. The summed E-state index contributed by atoms with van der Waals surface area (Å²) in [6, 6.07) is 3.23. The third-order valence-electron chi connectivity index (χ3n) is 3.40. The van der Waals surface area contributed by atoms with Crippen LogP contribution in [0.1, 0.15) is 26.5 Å². The van der Waals surface area contributed by atoms with E-state index in [9.17, 15) is 9.59 Å². The maximum atomic E-state index is 11.9. The highest BCUT2D eigenvalue weighted by atomic mass is 16.5. The predicted molar refractivity (Wildman–Crippen MR) is 80.7 cm³/mol. The lowest BCUT2D eigenvalue weighted by molar-refractivity contribution is 0.0421. The first-order chi connectivity index (χ1) is 9.65. The van der Waals surface area contributed by atoms with E-state index in [1.165, 1.54) is 6.07 Å². The summed E-state index contributed by atoms with van der Waals surface area (Å²) in [5, 5.41) is 2.91. The molecule has 6 heteroatoms. The van der Waals surface area contributed by atoms with Crippen LogP contribution >= 0.6 is 0 Å². The molecule has 2 rings (SSSR count). The molecule has 2 amide bonds. The average Bonchev–Trinajstić information content (AvgIpc) is 2.27. The molecule has 1 N–H and O–H groups in total. The van der Waals surface area contributed by atoms with Crippen molar-refractivity contribution in [2.24, 2.45) is 7.05 Å². The quantitative estimate of drug-likeness (QED) is 0.893. The number of hydrogen-bond acceptors (Lipinski definition) is 3. The van der Waals surface area contributed by atoms with E-state index < -0.39 is 0 Å². The predicted octanol–water partition coefficient (Wildman–Crippen LogP) is 1.26. The van der Waals surface area contributed by atoms with E-state index in [4.69, 9.17) is 4.74 Å². The molecule has 1 aliphatic rings. The molecule has 116 valence electrons. The lowest BCUT2D eigenvalue weighted by Crippen LogP contribution is -2.61. The van der Waals surface area contributed by atoms with Gasteiger partial charge in [0.2, 0.25) is 0 Å². The Kier molecular flexibility index (Phi) is 3.98. The number of amides is 2. The molecule has 0 spiro atoms. The summed E-state index contributed by atoms with van der Waals surface area (Å²) in [6.45, 7) is 8.77. The lowest BCUT2D eigenvalue weighted by atomic mass is 10.1. The molecule has 0 unspecified atom stereocenters. The van der Waals surface area contributed by atoms with Crippen molar-refractivity contribution < 1.29 is 9.53 Å². The van der Waals surface area contributed by atoms with Gasteiger partial charge in [-0.05, 0) is 33.8 Å². The monoisotopic (exact) mass is 293 g/mol. The molecular weight excluding hydrogens is 270 g/mol. The first-order valence-electron chi connectivity index (χ1n) is 7.07. The van der Waals surface area contributed by atoms with Gasteiger partial charge in [0.25, 0.3) is 5.56 Å². The SMILES string of the molecule is Cc1cc(OC2CN(C(=O)NC(C)(C)C)C2)cc(=O)n1C. The topological polar surface area (TPSA) is 63.6 Å². The number of rotatable bonds is 2. The van der Waals surface area contributed by atoms with E-state index in [2.05, 4.69) is 5.32 Å². The molecule has 1 fully saturated rings. The number of nitrogens with one attached hydrogen (secondary N) is 1. The molecule has 6 nitrogen and oxygen atoms in total. The van der Waals surface area contributed by atoms with Crippen LogP contribution in [0.4, 0.5) is 4.79 Å². The van der Waals surface area contributed by atoms with E-state index in [0.717, 1.165) is 5.69 Å². The van der Waals surface area contributed by atoms with Gasteiger partial charge in [0, 0.05) is 24.3 Å². The van der Waals surface area contributed by atoms with E-state index in [-0.39, 0.29) is 23.2 Å². The minimum Gasteiger partial charge on any atom is -0.486 e. The summed E-state index contributed by atoms with van der Waals surface area (Å²) >= 11 is 0. The van der Waals surface area contributed by atoms with Crippen molar-refractivity contribution in [1.29, 1.82) is 0 Å². The summed E-state index contributed by atoms with van der Waals surface area (Å²) in [5.41, 5.74) is 0.511. The highest BCUT2D eigenvalue weighted by Crippen LogP contribution is 2.18. The van der Waals surface area contributed by atoms with Crippen molar-refractivity contribution >= 4 is 6.03 Å². The molecule has 1 saturated heterocycles. The van der Waals surface area contributed by atoms with Gasteiger partial charge in [0.1, 0.15) is 11.9 Å². The molecule has 2 heterocycles. The van der Waals surface area contributed by atoms with Gasteiger partial charge in [-0.1, -0.05) is 0 Å². The number of pyridine rings is 1. The van der Waals surface area contributed by atoms with Crippen LogP contribution in [-0.2, 0) is 7.05 Å². The van der Waals surface area contributed by atoms with E-state index in [1.54, 1.807) is 16.5 Å². The van der Waals surface area contributed by atoms with Crippen LogP contribution < -0.4 is 15.6 Å². The Hall–Kier alpha value is -1.98. The van der Waals surface area contributed by atoms with Crippen LogP contribution in [0.5, 0.6) is 5.75 Å². The largest absolute Gasteiger partial charge is 0.486 e. The summed E-state index contributed by atoms with van der Waals surface area (Å²) < 4.78 is 7.31. The van der Waals surface area contributed by atoms with Gasteiger partial charge in [-0.15, -0.1) is 0 Å². The van der Waals surface area contributed by atoms with Crippen LogP contribution in [0.25, 0.3) is 0 Å². The number of aromatic nitrogens is 1. The van der Waals surface area contributed by atoms with Crippen LogP contribution in [0, 0.1) is 6.92 Å². The first-order valence-corrected chi connectivity index (χ1v) is 7.07. The number of ether oxygens (including phenoxy) is 1. The average molecular weight is 293 g/mol. The van der Waals surface area contributed by atoms with Crippen LogP contribution in [0.15, 0.2) is 16.9 Å². The minimum atomic E-state index is -0.244. The van der Waals surface area contributed by atoms with Gasteiger partial charge in [-0.2, -0.15) is 0 Å². The second-order valence-corrected chi connectivity index (χ2v) is 6.55. The Morgan fingerprint density at radius 3 is 2.48 bits per heavy atom. The van der Waals surface area contributed by atoms with Crippen molar-refractivity contribution in [2.45, 2.75) is 39.3 Å². The van der Waals surface area contributed by atoms with E-state index in [0.29, 0.717) is 18.8 Å². The number of likely N-dealkylation sites (tertiary alicyclic amines) is 1. The molecule has 0 bridgehead atoms. The molecule has 0 saturated carbocycles. The zero-order valence-corrected chi connectivity index (χ0v) is 13.3. The minimum absolute atomic E-state index is 0.0535. The molecule has 21 heavy (non-hydrogen) atoms. The normalized spacial score (nSPS) is 15.6. The summed E-state index contributed by atoms with van der Waals surface area (Å²) in [6.07, 6.45) is -0.0535. The molecule has 1 aromatic heterocycles. The summed E-state index contributed by atoms with van der Waals surface area (Å²) in [4.78, 5) is 25.3. The number of aryl methyl sites for hydroxylation is 1. The van der Waals surface area contributed by atoms with E-state index in [1.807, 2.05) is 33.8 Å². The van der Waals surface area contributed by atoms with Gasteiger partial charge in [0.15, 0.2) is 0 Å². The second kappa shape index (κ2) is 5.42. The van der Waals surface area contributed by atoms with Gasteiger partial charge < -0.3 is 19.5 Å². The molecule has 1 aromatic rings. The number of carbonyl (C=O) groups excluding carboxylic acids is 1. The Morgan fingerprint density at radius 1 is 1.33 bits per heavy atom. The molecule has 0 aliphatic carbocycles. The van der Waals surface area contributed by atoms with Crippen LogP contribution in [0.2, 0.25) is 0 Å². The number of hydrogen-bond donors (Lipinski definition) is 1. The van der Waals surface area contributed by atoms with Crippen LogP contribution in [-0.4, -0.2) is 40.2 Å². The van der Waals surface area contributed by atoms with Crippen molar-refractivity contribution in [3.8, 4) is 5.75 Å². The maximum Gasteiger partial charge on any atom is 0.318 e. The van der Waals surface area contributed by atoms with Gasteiger partial charge in [0.05, 0.1) is 13.1 Å². The highest BCUT2D eigenvalue weighted by molar-refractivity contribution is 5.75. The van der Waals surface area contributed by atoms with Gasteiger partial charge in [-0.3, -0.25) is 4.79 Å². The van der Waals surface area contributed by atoms with Gasteiger partial charge >= 0.3 is 6.03 Å². The lowest BCUT2D eigenvalue weighted by Gasteiger charge is -2.40. The molecule has 0 radical (unpaired) electrons. The second-order valence-electron chi connectivity index (χ2n) is 6.55. The number of nitrogens with zero attached hydrogens (tertiary/aromatic N) is 2. The van der Waals surface area contributed by atoms with Gasteiger partial charge in [-0.25, -0.2) is 4.79 Å². The summed E-state index contributed by atoms with van der Waals surface area (Å²) in [5.74, 6) is 0.566. The number of carbonyl (C=O) groups is 1. The Bertz CT molecular complexity index is 595. The third-order valence-corrected chi connectivity index (χ3v) is 3.40.